The van der Waals surface area contributed by atoms with Crippen LogP contribution >= 0.6 is 0 Å². The van der Waals surface area contributed by atoms with Gasteiger partial charge in [-0.05, 0) is 0 Å². The molecule has 0 unspecified atom stereocenters. The summed E-state index contributed by atoms with van der Waals surface area (Å²) in [5.74, 6) is 0. The number of rotatable bonds is 0. The van der Waals surface area contributed by atoms with E-state index in [1.807, 2.05) is 0 Å². The number of hydrogen-bond acceptors (Lipinski definition) is 0. The zero-order valence-electron chi connectivity index (χ0n) is 2.39. The summed E-state index contributed by atoms with van der Waals surface area (Å²) in [6.45, 7) is 0. The van der Waals surface area contributed by atoms with E-state index in [1.165, 1.54) is 0 Å². The molecule has 42 valence electrons. The van der Waals surface area contributed by atoms with Crippen LogP contribution in [0.4, 0.5) is 0 Å². The molecule has 0 aromatic rings. The molecular weight excluding hydrogens is 195 g/mol. The van der Waals surface area contributed by atoms with Gasteiger partial charge in [0.05, 0.1) is 0 Å². The third kappa shape index (κ3) is 204. The SMILES string of the molecule is [Ag+].[B+3].[F-].[F-].[F-].[F-]. The Balaban J connectivity index is 0. The predicted octanol–water partition coefficient (Wildman–Crippen LogP) is -12.4. The van der Waals surface area contributed by atoms with Gasteiger partial charge in [-0.25, -0.2) is 0 Å². The second kappa shape index (κ2) is 410. The van der Waals surface area contributed by atoms with Gasteiger partial charge in [-0.15, -0.1) is 0 Å². The summed E-state index contributed by atoms with van der Waals surface area (Å²) in [6, 6.07) is 0. The Hall–Kier alpha value is 0.525. The Labute approximate surface area is 50.2 Å². The van der Waals surface area contributed by atoms with Crippen LogP contribution in [0.1, 0.15) is 0 Å². The van der Waals surface area contributed by atoms with Crippen molar-refractivity contribution in [3.8, 4) is 0 Å². The first-order chi connectivity index (χ1) is 0. The zero-order chi connectivity index (χ0) is 0. The average Bonchev–Trinajstić information content (AvgIpc) is 0. The van der Waals surface area contributed by atoms with Gasteiger partial charge in [0, 0.05) is 0 Å². The minimum absolute atomic E-state index is 0. The maximum absolute atomic E-state index is 0. The second-order valence-corrected chi connectivity index (χ2v) is 0. The molecule has 0 bridgehead atoms. The van der Waals surface area contributed by atoms with Crippen LogP contribution in [0.2, 0.25) is 0 Å². The summed E-state index contributed by atoms with van der Waals surface area (Å²) in [5, 5.41) is 0. The van der Waals surface area contributed by atoms with Crippen molar-refractivity contribution < 1.29 is 41.2 Å². The molecule has 0 nitrogen and oxygen atoms in total. The van der Waals surface area contributed by atoms with Gasteiger partial charge in [-0.1, -0.05) is 0 Å². The van der Waals surface area contributed by atoms with Crippen LogP contribution in [0.15, 0.2) is 0 Å². The molecule has 0 saturated carbocycles. The van der Waals surface area contributed by atoms with E-state index in [-0.39, 0.29) is 49.6 Å². The molecule has 0 spiro atoms. The Morgan fingerprint density at radius 3 is 0.500 bits per heavy atom. The van der Waals surface area contributed by atoms with Crippen molar-refractivity contribution in [2.75, 3.05) is 0 Å². The molecule has 0 radical (unpaired) electrons. The molecule has 0 rings (SSSR count). The van der Waals surface area contributed by atoms with Crippen LogP contribution in [0.5, 0.6) is 0 Å². The molecule has 0 aromatic carbocycles. The third-order valence-electron chi connectivity index (χ3n) is 0. The van der Waals surface area contributed by atoms with E-state index in [9.17, 15) is 0 Å². The molecule has 0 aliphatic carbocycles. The van der Waals surface area contributed by atoms with Gasteiger partial charge in [0.15, 0.2) is 0 Å². The minimum atomic E-state index is 0. The van der Waals surface area contributed by atoms with E-state index in [4.69, 9.17) is 0 Å². The first-order valence-electron chi connectivity index (χ1n) is 0. The van der Waals surface area contributed by atoms with E-state index in [0.29, 0.717) is 0 Å². The molecule has 0 fully saturated rings. The van der Waals surface area contributed by atoms with Crippen molar-refractivity contribution >= 4 is 8.41 Å². The second-order valence-electron chi connectivity index (χ2n) is 0. The topological polar surface area (TPSA) is 0 Å². The average molecular weight is 195 g/mol. The Morgan fingerprint density at radius 1 is 0.500 bits per heavy atom. The van der Waals surface area contributed by atoms with Crippen LogP contribution in [0.3, 0.4) is 0 Å². The predicted molar refractivity (Wildman–Crippen MR) is 5.75 cm³/mol. The van der Waals surface area contributed by atoms with Crippen molar-refractivity contribution in [3.63, 3.8) is 0 Å². The molecule has 0 saturated heterocycles. The number of hydrogen-bond donors (Lipinski definition) is 0. The molecule has 0 amide bonds. The van der Waals surface area contributed by atoms with Gasteiger partial charge in [0.1, 0.15) is 0 Å². The monoisotopic (exact) mass is 194 g/mol. The Morgan fingerprint density at radius 2 is 0.500 bits per heavy atom. The molecule has 0 atom stereocenters. The summed E-state index contributed by atoms with van der Waals surface area (Å²) in [7, 11) is 0. The normalized spacial score (nSPS) is 0. The van der Waals surface area contributed by atoms with Crippen LogP contribution in [0, 0.1) is 0 Å². The van der Waals surface area contributed by atoms with Crippen molar-refractivity contribution in [3.05, 3.63) is 0 Å². The largest absolute Gasteiger partial charge is 3.00 e. The van der Waals surface area contributed by atoms with E-state index in [0.717, 1.165) is 0 Å². The van der Waals surface area contributed by atoms with E-state index in [2.05, 4.69) is 0 Å². The van der Waals surface area contributed by atoms with Gasteiger partial charge in [-0.2, -0.15) is 0 Å². The first kappa shape index (κ1) is 722. The van der Waals surface area contributed by atoms with E-state index in [1.54, 1.807) is 0 Å². The van der Waals surface area contributed by atoms with Crippen molar-refractivity contribution in [1.29, 1.82) is 0 Å². The van der Waals surface area contributed by atoms with Crippen LogP contribution in [0.25, 0.3) is 0 Å². The minimum Gasteiger partial charge on any atom is -1.00 e. The smallest absolute Gasteiger partial charge is 1.00 e. The van der Waals surface area contributed by atoms with Gasteiger partial charge in [0.2, 0.25) is 0 Å². The quantitative estimate of drug-likeness (QED) is 0.266. The zero-order valence-corrected chi connectivity index (χ0v) is 3.87. The van der Waals surface area contributed by atoms with E-state index < -0.39 is 0 Å². The summed E-state index contributed by atoms with van der Waals surface area (Å²) in [5.41, 5.74) is 0. The summed E-state index contributed by atoms with van der Waals surface area (Å²) >= 11 is 0. The van der Waals surface area contributed by atoms with E-state index >= 15 is 0 Å². The third-order valence-corrected chi connectivity index (χ3v) is 0. The van der Waals surface area contributed by atoms with Crippen LogP contribution in [-0.2, 0) is 22.4 Å². The molecule has 0 heterocycles. The fourth-order valence-corrected chi connectivity index (χ4v) is 0. The fourth-order valence-electron chi connectivity index (χ4n) is 0. The molecule has 0 aliphatic rings. The molecule has 0 N–H and O–H groups in total. The van der Waals surface area contributed by atoms with Gasteiger partial charge in [0.25, 0.3) is 0 Å². The Bertz CT molecular complexity index is 7.51. The maximum Gasteiger partial charge on any atom is 3.00 e. The standard InChI is InChI=1S/Ag.B.4FH/h;;4*1H/q+1;+3;;;;/p-4. The summed E-state index contributed by atoms with van der Waals surface area (Å²) in [6.07, 6.45) is 0. The van der Waals surface area contributed by atoms with Crippen molar-refractivity contribution in [2.45, 2.75) is 0 Å². The van der Waals surface area contributed by atoms with Crippen molar-refractivity contribution in [2.24, 2.45) is 0 Å². The maximum atomic E-state index is 0. The van der Waals surface area contributed by atoms with Crippen LogP contribution < -0.4 is 18.8 Å². The summed E-state index contributed by atoms with van der Waals surface area (Å²) < 4.78 is 0. The first-order valence-corrected chi connectivity index (χ1v) is 0. The Kier molecular flexibility index (Phi) is 49400. The molecular formula is AgBF4. The fraction of sp³-hybridized carbons (Fsp3) is 0. The van der Waals surface area contributed by atoms with Gasteiger partial charge >= 0.3 is 30.8 Å². The number of halogens is 4. The van der Waals surface area contributed by atoms with Gasteiger partial charge < -0.3 is 18.8 Å². The molecule has 6 heavy (non-hydrogen) atoms. The molecule has 6 heteroatoms. The molecule has 0 aromatic heterocycles. The van der Waals surface area contributed by atoms with Gasteiger partial charge in [-0.3, -0.25) is 0 Å². The molecule has 0 aliphatic heterocycles. The summed E-state index contributed by atoms with van der Waals surface area (Å²) in [4.78, 5) is 0. The van der Waals surface area contributed by atoms with Crippen LogP contribution in [-0.4, -0.2) is 8.41 Å². The van der Waals surface area contributed by atoms with Crippen molar-refractivity contribution in [1.82, 2.24) is 0 Å².